The largest absolute Gasteiger partial charge is 0.335 e. The summed E-state index contributed by atoms with van der Waals surface area (Å²) < 4.78 is 0. The Labute approximate surface area is 97.3 Å². The van der Waals surface area contributed by atoms with Gasteiger partial charge in [0.2, 0.25) is 5.91 Å². The van der Waals surface area contributed by atoms with Crippen molar-refractivity contribution in [2.75, 3.05) is 0 Å². The summed E-state index contributed by atoms with van der Waals surface area (Å²) in [6, 6.07) is 8.78. The maximum atomic E-state index is 11.9. The van der Waals surface area contributed by atoms with E-state index < -0.39 is 0 Å². The highest BCUT2D eigenvalue weighted by atomic mass is 16.2. The topological polar surface area (TPSA) is 20.3 Å². The van der Waals surface area contributed by atoms with Crippen LogP contribution in [0.5, 0.6) is 0 Å². The summed E-state index contributed by atoms with van der Waals surface area (Å²) in [4.78, 5) is 14.0. The number of carbonyl (C=O) groups is 1. The van der Waals surface area contributed by atoms with Gasteiger partial charge in [-0.2, -0.15) is 0 Å². The molecule has 1 atom stereocenters. The zero-order valence-electron chi connectivity index (χ0n) is 10.1. The van der Waals surface area contributed by atoms with Gasteiger partial charge >= 0.3 is 0 Å². The first-order chi connectivity index (χ1) is 7.72. The number of hydrogen-bond acceptors (Lipinski definition) is 1. The van der Waals surface area contributed by atoms with Gasteiger partial charge in [0.1, 0.15) is 0 Å². The Bertz CT molecular complexity index is 386. The SMILES string of the molecule is CCCC(=O)N1Cc2ccccc2CC1C. The van der Waals surface area contributed by atoms with Crippen molar-refractivity contribution in [2.24, 2.45) is 0 Å². The predicted molar refractivity (Wildman–Crippen MR) is 65.1 cm³/mol. The normalized spacial score (nSPS) is 19.4. The van der Waals surface area contributed by atoms with Crippen LogP contribution in [0.3, 0.4) is 0 Å². The van der Waals surface area contributed by atoms with Crippen LogP contribution in [0.2, 0.25) is 0 Å². The lowest BCUT2D eigenvalue weighted by Crippen LogP contribution is -2.42. The van der Waals surface area contributed by atoms with Crippen LogP contribution >= 0.6 is 0 Å². The molecule has 0 fully saturated rings. The lowest BCUT2D eigenvalue weighted by Gasteiger charge is -2.35. The van der Waals surface area contributed by atoms with Crippen LogP contribution in [0.1, 0.15) is 37.8 Å². The molecule has 2 rings (SSSR count). The molecule has 0 aliphatic carbocycles. The molecule has 0 spiro atoms. The molecule has 1 amide bonds. The predicted octanol–water partition coefficient (Wildman–Crippen LogP) is 2.76. The van der Waals surface area contributed by atoms with E-state index in [0.717, 1.165) is 19.4 Å². The number of hydrogen-bond donors (Lipinski definition) is 0. The summed E-state index contributed by atoms with van der Waals surface area (Å²) in [5.74, 6) is 0.296. The third kappa shape index (κ3) is 2.11. The molecular weight excluding hydrogens is 198 g/mol. The molecule has 86 valence electrons. The van der Waals surface area contributed by atoms with Crippen molar-refractivity contribution >= 4 is 5.91 Å². The summed E-state index contributed by atoms with van der Waals surface area (Å²) in [5.41, 5.74) is 2.71. The molecule has 1 aliphatic rings. The van der Waals surface area contributed by atoms with Gasteiger partial charge in [-0.1, -0.05) is 31.2 Å². The first-order valence-corrected chi connectivity index (χ1v) is 6.08. The second-order valence-corrected chi connectivity index (χ2v) is 4.59. The van der Waals surface area contributed by atoms with Gasteiger partial charge in [-0.15, -0.1) is 0 Å². The maximum Gasteiger partial charge on any atom is 0.223 e. The van der Waals surface area contributed by atoms with Gasteiger partial charge in [0, 0.05) is 19.0 Å². The zero-order chi connectivity index (χ0) is 11.5. The third-order valence-corrected chi connectivity index (χ3v) is 3.29. The van der Waals surface area contributed by atoms with Gasteiger partial charge < -0.3 is 4.90 Å². The molecule has 1 unspecified atom stereocenters. The molecule has 0 aromatic heterocycles. The molecule has 0 N–H and O–H groups in total. The number of rotatable bonds is 2. The highest BCUT2D eigenvalue weighted by molar-refractivity contribution is 5.76. The van der Waals surface area contributed by atoms with Crippen LogP contribution in [0.4, 0.5) is 0 Å². The maximum absolute atomic E-state index is 11.9. The van der Waals surface area contributed by atoms with E-state index in [1.165, 1.54) is 11.1 Å². The van der Waals surface area contributed by atoms with E-state index in [-0.39, 0.29) is 0 Å². The summed E-state index contributed by atoms with van der Waals surface area (Å²) >= 11 is 0. The second-order valence-electron chi connectivity index (χ2n) is 4.59. The molecule has 2 heteroatoms. The summed E-state index contributed by atoms with van der Waals surface area (Å²) in [6.07, 6.45) is 2.60. The smallest absolute Gasteiger partial charge is 0.223 e. The van der Waals surface area contributed by atoms with Gasteiger partial charge in [-0.3, -0.25) is 4.79 Å². The molecule has 1 aromatic rings. The highest BCUT2D eigenvalue weighted by Gasteiger charge is 2.25. The van der Waals surface area contributed by atoms with Crippen molar-refractivity contribution in [2.45, 2.75) is 45.7 Å². The van der Waals surface area contributed by atoms with Crippen molar-refractivity contribution in [3.63, 3.8) is 0 Å². The fraction of sp³-hybridized carbons (Fsp3) is 0.500. The van der Waals surface area contributed by atoms with E-state index in [0.29, 0.717) is 18.4 Å². The lowest BCUT2D eigenvalue weighted by molar-refractivity contribution is -0.134. The lowest BCUT2D eigenvalue weighted by atomic mass is 9.94. The molecule has 0 radical (unpaired) electrons. The van der Waals surface area contributed by atoms with Crippen molar-refractivity contribution in [3.8, 4) is 0 Å². The third-order valence-electron chi connectivity index (χ3n) is 3.29. The second kappa shape index (κ2) is 4.69. The number of fused-ring (bicyclic) bond motifs is 1. The first kappa shape index (κ1) is 11.2. The molecule has 1 aromatic carbocycles. The fourth-order valence-corrected chi connectivity index (χ4v) is 2.37. The standard InChI is InChI=1S/C14H19NO/c1-3-6-14(16)15-10-13-8-5-4-7-12(13)9-11(15)2/h4-5,7-8,11H,3,6,9-10H2,1-2H3. The Morgan fingerprint density at radius 1 is 1.38 bits per heavy atom. The fourth-order valence-electron chi connectivity index (χ4n) is 2.37. The molecule has 1 aliphatic heterocycles. The Kier molecular flexibility index (Phi) is 3.28. The van der Waals surface area contributed by atoms with E-state index >= 15 is 0 Å². The molecule has 0 saturated heterocycles. The molecule has 2 nitrogen and oxygen atoms in total. The van der Waals surface area contributed by atoms with Crippen molar-refractivity contribution in [3.05, 3.63) is 35.4 Å². The van der Waals surface area contributed by atoms with Crippen molar-refractivity contribution in [1.29, 1.82) is 0 Å². The molecule has 0 saturated carbocycles. The highest BCUT2D eigenvalue weighted by Crippen LogP contribution is 2.23. The summed E-state index contributed by atoms with van der Waals surface area (Å²) in [5, 5.41) is 0. The van der Waals surface area contributed by atoms with Crippen LogP contribution < -0.4 is 0 Å². The Hall–Kier alpha value is -1.31. The molecular formula is C14H19NO. The minimum atomic E-state index is 0.296. The van der Waals surface area contributed by atoms with Crippen LogP contribution in [0.25, 0.3) is 0 Å². The minimum Gasteiger partial charge on any atom is -0.335 e. The van der Waals surface area contributed by atoms with Crippen LogP contribution in [-0.2, 0) is 17.8 Å². The van der Waals surface area contributed by atoms with E-state index in [2.05, 4.69) is 38.1 Å². The van der Waals surface area contributed by atoms with E-state index in [9.17, 15) is 4.79 Å². The quantitative estimate of drug-likeness (QED) is 0.746. The van der Waals surface area contributed by atoms with Gasteiger partial charge in [-0.25, -0.2) is 0 Å². The van der Waals surface area contributed by atoms with Crippen molar-refractivity contribution in [1.82, 2.24) is 4.90 Å². The van der Waals surface area contributed by atoms with Crippen LogP contribution in [0, 0.1) is 0 Å². The van der Waals surface area contributed by atoms with E-state index in [1.54, 1.807) is 0 Å². The summed E-state index contributed by atoms with van der Waals surface area (Å²) in [6.45, 7) is 4.99. The van der Waals surface area contributed by atoms with E-state index in [1.807, 2.05) is 4.90 Å². The van der Waals surface area contributed by atoms with Gasteiger partial charge in [-0.05, 0) is 30.9 Å². The zero-order valence-corrected chi connectivity index (χ0v) is 10.1. The molecule has 0 bridgehead atoms. The Balaban J connectivity index is 2.18. The molecule has 1 heterocycles. The Morgan fingerprint density at radius 2 is 2.06 bits per heavy atom. The van der Waals surface area contributed by atoms with Crippen molar-refractivity contribution < 1.29 is 4.79 Å². The van der Waals surface area contributed by atoms with Crippen LogP contribution in [-0.4, -0.2) is 16.8 Å². The van der Waals surface area contributed by atoms with Gasteiger partial charge in [0.25, 0.3) is 0 Å². The average Bonchev–Trinajstić information content (AvgIpc) is 2.28. The molecule has 16 heavy (non-hydrogen) atoms. The van der Waals surface area contributed by atoms with E-state index in [4.69, 9.17) is 0 Å². The van der Waals surface area contributed by atoms with Crippen LogP contribution in [0.15, 0.2) is 24.3 Å². The number of amides is 1. The monoisotopic (exact) mass is 217 g/mol. The number of benzene rings is 1. The minimum absolute atomic E-state index is 0.296. The van der Waals surface area contributed by atoms with Gasteiger partial charge in [0.05, 0.1) is 0 Å². The Morgan fingerprint density at radius 3 is 2.75 bits per heavy atom. The summed E-state index contributed by atoms with van der Waals surface area (Å²) in [7, 11) is 0. The number of carbonyl (C=O) groups excluding carboxylic acids is 1. The van der Waals surface area contributed by atoms with Gasteiger partial charge in [0.15, 0.2) is 0 Å². The number of nitrogens with zero attached hydrogens (tertiary/aromatic N) is 1. The first-order valence-electron chi connectivity index (χ1n) is 6.08. The average molecular weight is 217 g/mol.